The molecule has 0 saturated heterocycles. The third-order valence-corrected chi connectivity index (χ3v) is 4.72. The molecule has 0 aliphatic rings. The lowest BCUT2D eigenvalue weighted by atomic mass is 9.90. The van der Waals surface area contributed by atoms with Crippen LogP contribution in [0.3, 0.4) is 0 Å². The maximum atomic E-state index is 12.7. The molecule has 0 spiro atoms. The molecule has 9 heteroatoms. The normalized spacial score (nSPS) is 14.4. The smallest absolute Gasteiger partial charge is 0.308 e. The number of halogens is 3. The number of hydrogen-bond acceptors (Lipinski definition) is 6. The van der Waals surface area contributed by atoms with E-state index in [0.717, 1.165) is 10.6 Å². The van der Waals surface area contributed by atoms with E-state index in [1.165, 1.54) is 17.7 Å². The van der Waals surface area contributed by atoms with Gasteiger partial charge in [0.25, 0.3) is 0 Å². The summed E-state index contributed by atoms with van der Waals surface area (Å²) in [4.78, 5) is 4.80. The lowest BCUT2D eigenvalue weighted by Gasteiger charge is -2.20. The van der Waals surface area contributed by atoms with Crippen LogP contribution in [0.2, 0.25) is 0 Å². The summed E-state index contributed by atoms with van der Waals surface area (Å²) in [7, 11) is 1.70. The Morgan fingerprint density at radius 3 is 2.38 bits per heavy atom. The molecule has 0 bridgehead atoms. The summed E-state index contributed by atoms with van der Waals surface area (Å²) in [5.74, 6) is 0. The van der Waals surface area contributed by atoms with Crippen LogP contribution in [-0.2, 0) is 11.6 Å². The van der Waals surface area contributed by atoms with Gasteiger partial charge < -0.3 is 5.32 Å². The molecule has 0 fully saturated rings. The fourth-order valence-corrected chi connectivity index (χ4v) is 3.83. The summed E-state index contributed by atoms with van der Waals surface area (Å²) in [5, 5.41) is 6.32. The van der Waals surface area contributed by atoms with Crippen LogP contribution >= 0.6 is 22.9 Å². The second-order valence-electron chi connectivity index (χ2n) is 5.52. The first-order chi connectivity index (χ1) is 9.64. The minimum Gasteiger partial charge on any atom is -0.308 e. The van der Waals surface area contributed by atoms with Crippen molar-refractivity contribution in [2.24, 2.45) is 0 Å². The minimum atomic E-state index is -4.42. The van der Waals surface area contributed by atoms with Gasteiger partial charge in [0.15, 0.2) is 5.01 Å². The van der Waals surface area contributed by atoms with Gasteiger partial charge in [-0.15, -0.1) is 16.4 Å². The zero-order valence-corrected chi connectivity index (χ0v) is 13.6. The average Bonchev–Trinajstić information content (AvgIpc) is 2.96. The third kappa shape index (κ3) is 3.41. The molecule has 0 radical (unpaired) electrons. The monoisotopic (exact) mass is 336 g/mol. The Hall–Kier alpha value is -1.06. The van der Waals surface area contributed by atoms with Crippen LogP contribution in [0.5, 0.6) is 0 Å². The van der Waals surface area contributed by atoms with Crippen molar-refractivity contribution in [1.29, 1.82) is 0 Å². The van der Waals surface area contributed by atoms with Crippen LogP contribution in [0.4, 0.5) is 13.2 Å². The van der Waals surface area contributed by atoms with E-state index in [9.17, 15) is 13.2 Å². The molecule has 2 rings (SSSR count). The third-order valence-electron chi connectivity index (χ3n) is 2.83. The number of rotatable bonds is 3. The van der Waals surface area contributed by atoms with E-state index in [2.05, 4.69) is 19.9 Å². The number of hydrogen-bond donors (Lipinski definition) is 1. The molecule has 0 amide bonds. The first kappa shape index (κ1) is 16.3. The van der Waals surface area contributed by atoms with Crippen molar-refractivity contribution in [3.8, 4) is 0 Å². The molecule has 0 aliphatic carbocycles. The summed E-state index contributed by atoms with van der Waals surface area (Å²) >= 11 is 1.84. The van der Waals surface area contributed by atoms with Gasteiger partial charge in [-0.05, 0) is 18.6 Å². The van der Waals surface area contributed by atoms with E-state index >= 15 is 0 Å². The highest BCUT2D eigenvalue weighted by Gasteiger charge is 2.36. The summed E-state index contributed by atoms with van der Waals surface area (Å²) in [6, 6.07) is -0.382. The van der Waals surface area contributed by atoms with Crippen molar-refractivity contribution < 1.29 is 13.2 Å². The number of alkyl halides is 3. The van der Waals surface area contributed by atoms with E-state index in [4.69, 9.17) is 0 Å². The number of aromatic nitrogens is 3. The van der Waals surface area contributed by atoms with E-state index in [0.29, 0.717) is 16.2 Å². The van der Waals surface area contributed by atoms with Crippen LogP contribution in [0.1, 0.15) is 47.3 Å². The molecule has 0 saturated carbocycles. The van der Waals surface area contributed by atoms with Crippen molar-refractivity contribution in [2.45, 2.75) is 38.4 Å². The molecule has 4 nitrogen and oxygen atoms in total. The Morgan fingerprint density at radius 1 is 1.24 bits per heavy atom. The molecule has 2 heterocycles. The number of thiazole rings is 1. The predicted octanol–water partition coefficient (Wildman–Crippen LogP) is 3.62. The number of nitrogens with zero attached hydrogens (tertiary/aromatic N) is 3. The molecule has 0 aromatic carbocycles. The Labute approximate surface area is 128 Å². The van der Waals surface area contributed by atoms with Gasteiger partial charge in [0.2, 0.25) is 0 Å². The van der Waals surface area contributed by atoms with Gasteiger partial charge in [0.1, 0.15) is 0 Å². The van der Waals surface area contributed by atoms with Gasteiger partial charge in [-0.25, -0.2) is 4.98 Å². The van der Waals surface area contributed by atoms with Crippen LogP contribution in [0, 0.1) is 0 Å². The predicted molar refractivity (Wildman–Crippen MR) is 76.6 cm³/mol. The molecular weight excluding hydrogens is 321 g/mol. The quantitative estimate of drug-likeness (QED) is 0.930. The highest BCUT2D eigenvalue weighted by Crippen LogP contribution is 2.38. The Bertz CT molecular complexity index is 613. The van der Waals surface area contributed by atoms with Gasteiger partial charge in [0.05, 0.1) is 16.6 Å². The van der Waals surface area contributed by atoms with Gasteiger partial charge in [0, 0.05) is 16.5 Å². The highest BCUT2D eigenvalue weighted by atomic mass is 32.1. The molecule has 2 aromatic heterocycles. The van der Waals surface area contributed by atoms with Gasteiger partial charge in [-0.1, -0.05) is 25.3 Å². The van der Waals surface area contributed by atoms with Gasteiger partial charge >= 0.3 is 6.18 Å². The summed E-state index contributed by atoms with van der Waals surface area (Å²) in [5.41, 5.74) is 0.559. The topological polar surface area (TPSA) is 50.7 Å². The highest BCUT2D eigenvalue weighted by molar-refractivity contribution is 7.12. The molecule has 1 N–H and O–H groups in total. The lowest BCUT2D eigenvalue weighted by Crippen LogP contribution is -2.21. The van der Waals surface area contributed by atoms with E-state index in [1.54, 1.807) is 7.05 Å². The molecule has 1 unspecified atom stereocenters. The van der Waals surface area contributed by atoms with Crippen molar-refractivity contribution in [2.75, 3.05) is 7.05 Å². The van der Waals surface area contributed by atoms with Gasteiger partial charge in [-0.2, -0.15) is 13.2 Å². The largest absolute Gasteiger partial charge is 0.443 e. The van der Waals surface area contributed by atoms with Crippen molar-refractivity contribution in [1.82, 2.24) is 19.9 Å². The second kappa shape index (κ2) is 5.62. The Balaban J connectivity index is 2.42. The lowest BCUT2D eigenvalue weighted by molar-refractivity contribution is -0.137. The Morgan fingerprint density at radius 2 is 1.90 bits per heavy atom. The summed E-state index contributed by atoms with van der Waals surface area (Å²) < 4.78 is 42.0. The first-order valence-electron chi connectivity index (χ1n) is 6.17. The van der Waals surface area contributed by atoms with E-state index < -0.39 is 11.2 Å². The first-order valence-corrected chi connectivity index (χ1v) is 7.76. The summed E-state index contributed by atoms with van der Waals surface area (Å²) in [6.45, 7) is 5.98. The zero-order chi connectivity index (χ0) is 15.8. The Kier molecular flexibility index (Phi) is 4.36. The molecular formula is C12H15F3N4S2. The van der Waals surface area contributed by atoms with Crippen molar-refractivity contribution >= 4 is 22.9 Å². The maximum absolute atomic E-state index is 12.7. The van der Waals surface area contributed by atoms with Crippen molar-refractivity contribution in [3.63, 3.8) is 0 Å². The van der Waals surface area contributed by atoms with Crippen LogP contribution in [0.15, 0.2) is 6.20 Å². The standard InChI is InChI=1S/C12H15F3N4S2/c1-11(2,3)9-8(21-19-18-9)7(16-4)6-5-17-10(20-6)12(13,14)15/h5,7,16H,1-4H3. The second-order valence-corrected chi connectivity index (χ2v) is 7.37. The fourth-order valence-electron chi connectivity index (χ4n) is 1.86. The van der Waals surface area contributed by atoms with Crippen molar-refractivity contribution in [3.05, 3.63) is 26.7 Å². The molecule has 2 aromatic rings. The molecule has 1 atom stereocenters. The average molecular weight is 336 g/mol. The van der Waals surface area contributed by atoms with Crippen LogP contribution in [0.25, 0.3) is 0 Å². The molecule has 0 aliphatic heterocycles. The van der Waals surface area contributed by atoms with Gasteiger partial charge in [-0.3, -0.25) is 0 Å². The maximum Gasteiger partial charge on any atom is 0.443 e. The molecule has 116 valence electrons. The van der Waals surface area contributed by atoms with Crippen LogP contribution < -0.4 is 5.32 Å². The zero-order valence-electron chi connectivity index (χ0n) is 11.9. The fraction of sp³-hybridized carbons (Fsp3) is 0.583. The van der Waals surface area contributed by atoms with E-state index in [-0.39, 0.29) is 11.5 Å². The SMILES string of the molecule is CNC(c1cnc(C(F)(F)F)s1)c1snnc1C(C)(C)C. The van der Waals surface area contributed by atoms with E-state index in [1.807, 2.05) is 20.8 Å². The summed E-state index contributed by atoms with van der Waals surface area (Å²) in [6.07, 6.45) is -3.15. The van der Waals surface area contributed by atoms with Crippen LogP contribution in [-0.4, -0.2) is 21.6 Å². The minimum absolute atomic E-state index is 0.227. The molecule has 21 heavy (non-hydrogen) atoms. The number of nitrogens with one attached hydrogen (secondary N) is 1.